The van der Waals surface area contributed by atoms with Crippen LogP contribution in [0, 0.1) is 25.7 Å². The Labute approximate surface area is 155 Å². The van der Waals surface area contributed by atoms with Gasteiger partial charge < -0.3 is 14.2 Å². The number of nitrogens with zero attached hydrogens (tertiary/aromatic N) is 3. The van der Waals surface area contributed by atoms with Gasteiger partial charge in [-0.3, -0.25) is 9.69 Å². The first-order valence-corrected chi connectivity index (χ1v) is 10.0. The first-order chi connectivity index (χ1) is 12.5. The average Bonchev–Trinajstić information content (AvgIpc) is 2.90. The monoisotopic (exact) mass is 361 g/mol. The summed E-state index contributed by atoms with van der Waals surface area (Å²) in [4.78, 5) is 17.3. The van der Waals surface area contributed by atoms with Crippen molar-refractivity contribution in [2.24, 2.45) is 11.8 Å². The average molecular weight is 361 g/mol. The fourth-order valence-corrected chi connectivity index (χ4v) is 4.92. The summed E-state index contributed by atoms with van der Waals surface area (Å²) in [6, 6.07) is 0. The van der Waals surface area contributed by atoms with Crippen LogP contribution in [-0.4, -0.2) is 59.3 Å². The first kappa shape index (κ1) is 18.0. The summed E-state index contributed by atoms with van der Waals surface area (Å²) in [5, 5.41) is 4.08. The molecule has 1 aromatic rings. The summed E-state index contributed by atoms with van der Waals surface area (Å²) in [6.07, 6.45) is 4.25. The fraction of sp³-hybridized carbons (Fsp3) is 0.800. The number of aromatic nitrogens is 1. The summed E-state index contributed by atoms with van der Waals surface area (Å²) < 4.78 is 11.6. The molecule has 0 bridgehead atoms. The molecule has 1 unspecified atom stereocenters. The SMILES string of the molecule is Cc1noc(C)c1CN1CCCC2(C1)CN(C(=O)C1CC(C)C1)CCO2. The molecule has 2 aliphatic heterocycles. The Morgan fingerprint density at radius 3 is 2.77 bits per heavy atom. The maximum absolute atomic E-state index is 12.8. The lowest BCUT2D eigenvalue weighted by molar-refractivity contribution is -0.167. The van der Waals surface area contributed by atoms with Crippen molar-refractivity contribution in [3.8, 4) is 0 Å². The third kappa shape index (κ3) is 3.41. The van der Waals surface area contributed by atoms with E-state index in [1.165, 1.54) is 5.56 Å². The van der Waals surface area contributed by atoms with Crippen LogP contribution in [0.2, 0.25) is 0 Å². The van der Waals surface area contributed by atoms with Crippen molar-refractivity contribution in [2.75, 3.05) is 32.8 Å². The van der Waals surface area contributed by atoms with Gasteiger partial charge in [0, 0.05) is 31.1 Å². The van der Waals surface area contributed by atoms with Gasteiger partial charge in [-0.05, 0) is 52.0 Å². The minimum atomic E-state index is -0.208. The van der Waals surface area contributed by atoms with E-state index in [1.807, 2.05) is 13.8 Å². The number of aryl methyl sites for hydroxylation is 2. The van der Waals surface area contributed by atoms with Crippen molar-refractivity contribution in [2.45, 2.75) is 58.6 Å². The maximum Gasteiger partial charge on any atom is 0.225 e. The third-order valence-corrected chi connectivity index (χ3v) is 6.46. The molecule has 1 saturated carbocycles. The van der Waals surface area contributed by atoms with E-state index in [0.29, 0.717) is 18.4 Å². The molecule has 4 rings (SSSR count). The number of hydrogen-bond acceptors (Lipinski definition) is 5. The van der Waals surface area contributed by atoms with Crippen LogP contribution in [0.25, 0.3) is 0 Å². The van der Waals surface area contributed by atoms with Crippen molar-refractivity contribution < 1.29 is 14.1 Å². The lowest BCUT2D eigenvalue weighted by atomic mass is 9.75. The highest BCUT2D eigenvalue weighted by Gasteiger charge is 2.44. The van der Waals surface area contributed by atoms with Gasteiger partial charge in [0.1, 0.15) is 5.76 Å². The van der Waals surface area contributed by atoms with E-state index in [1.54, 1.807) is 0 Å². The molecule has 1 aromatic heterocycles. The number of piperidine rings is 1. The topological polar surface area (TPSA) is 58.8 Å². The second kappa shape index (κ2) is 6.97. The van der Waals surface area contributed by atoms with Crippen LogP contribution in [0.15, 0.2) is 4.52 Å². The maximum atomic E-state index is 12.8. The predicted molar refractivity (Wildman–Crippen MR) is 97.6 cm³/mol. The molecule has 144 valence electrons. The number of hydrogen-bond donors (Lipinski definition) is 0. The molecule has 3 aliphatic rings. The number of carbonyl (C=O) groups excluding carboxylic acids is 1. The van der Waals surface area contributed by atoms with Crippen molar-refractivity contribution in [3.63, 3.8) is 0 Å². The van der Waals surface area contributed by atoms with Gasteiger partial charge in [-0.2, -0.15) is 0 Å². The van der Waals surface area contributed by atoms with E-state index in [9.17, 15) is 4.79 Å². The summed E-state index contributed by atoms with van der Waals surface area (Å²) in [5.41, 5.74) is 1.96. The zero-order valence-electron chi connectivity index (χ0n) is 16.3. The van der Waals surface area contributed by atoms with E-state index in [0.717, 1.165) is 69.9 Å². The molecule has 0 N–H and O–H groups in total. The summed E-state index contributed by atoms with van der Waals surface area (Å²) in [6.45, 7) is 11.1. The molecular formula is C20H31N3O3. The van der Waals surface area contributed by atoms with Crippen LogP contribution in [0.4, 0.5) is 0 Å². The van der Waals surface area contributed by atoms with Crippen LogP contribution in [0.5, 0.6) is 0 Å². The molecule has 0 aromatic carbocycles. The van der Waals surface area contributed by atoms with Crippen molar-refractivity contribution >= 4 is 5.91 Å². The van der Waals surface area contributed by atoms with Crippen molar-refractivity contribution in [1.82, 2.24) is 15.0 Å². The fourth-order valence-electron chi connectivity index (χ4n) is 4.92. The van der Waals surface area contributed by atoms with Gasteiger partial charge in [-0.25, -0.2) is 0 Å². The molecule has 3 heterocycles. The largest absolute Gasteiger partial charge is 0.370 e. The molecule has 6 nitrogen and oxygen atoms in total. The van der Waals surface area contributed by atoms with E-state index in [4.69, 9.17) is 9.26 Å². The lowest BCUT2D eigenvalue weighted by Crippen LogP contribution is -2.61. The third-order valence-electron chi connectivity index (χ3n) is 6.46. The van der Waals surface area contributed by atoms with Crippen LogP contribution < -0.4 is 0 Å². The Kier molecular flexibility index (Phi) is 4.82. The van der Waals surface area contributed by atoms with E-state index < -0.39 is 0 Å². The van der Waals surface area contributed by atoms with Crippen molar-refractivity contribution in [3.05, 3.63) is 17.0 Å². The molecule has 3 fully saturated rings. The molecule has 1 atom stereocenters. The standard InChI is InChI=1S/C20H31N3O3/c1-14-9-17(10-14)19(24)23-7-8-25-20(13-23)5-4-6-22(12-20)11-18-15(2)21-26-16(18)3/h14,17H,4-13H2,1-3H3. The lowest BCUT2D eigenvalue weighted by Gasteiger charge is -2.49. The second-order valence-electron chi connectivity index (χ2n) is 8.68. The summed E-state index contributed by atoms with van der Waals surface area (Å²) in [5.74, 6) is 2.22. The quantitative estimate of drug-likeness (QED) is 0.828. The predicted octanol–water partition coefficient (Wildman–Crippen LogP) is 2.53. The Morgan fingerprint density at radius 1 is 1.27 bits per heavy atom. The van der Waals surface area contributed by atoms with Gasteiger partial charge in [0.15, 0.2) is 0 Å². The van der Waals surface area contributed by atoms with Gasteiger partial charge in [0.2, 0.25) is 5.91 Å². The second-order valence-corrected chi connectivity index (χ2v) is 8.68. The minimum Gasteiger partial charge on any atom is -0.370 e. The minimum absolute atomic E-state index is 0.208. The number of ether oxygens (including phenoxy) is 1. The van der Waals surface area contributed by atoms with Gasteiger partial charge in [0.05, 0.1) is 24.4 Å². The van der Waals surface area contributed by atoms with Gasteiger partial charge in [-0.1, -0.05) is 12.1 Å². The van der Waals surface area contributed by atoms with Gasteiger partial charge >= 0.3 is 0 Å². The molecule has 2 saturated heterocycles. The number of rotatable bonds is 3. The Bertz CT molecular complexity index is 644. The zero-order chi connectivity index (χ0) is 18.3. The van der Waals surface area contributed by atoms with Crippen LogP contribution in [0.3, 0.4) is 0 Å². The first-order valence-electron chi connectivity index (χ1n) is 10.0. The van der Waals surface area contributed by atoms with E-state index in [2.05, 4.69) is 21.9 Å². The molecule has 1 aliphatic carbocycles. The molecule has 1 amide bonds. The number of amides is 1. The highest BCUT2D eigenvalue weighted by atomic mass is 16.5. The Morgan fingerprint density at radius 2 is 2.08 bits per heavy atom. The summed E-state index contributed by atoms with van der Waals surface area (Å²) >= 11 is 0. The highest BCUT2D eigenvalue weighted by molar-refractivity contribution is 5.80. The smallest absolute Gasteiger partial charge is 0.225 e. The normalized spacial score (nSPS) is 32.7. The van der Waals surface area contributed by atoms with Gasteiger partial charge in [-0.15, -0.1) is 0 Å². The molecular weight excluding hydrogens is 330 g/mol. The van der Waals surface area contributed by atoms with Crippen molar-refractivity contribution in [1.29, 1.82) is 0 Å². The number of carbonyl (C=O) groups is 1. The number of likely N-dealkylation sites (tertiary alicyclic amines) is 1. The Hall–Kier alpha value is -1.40. The van der Waals surface area contributed by atoms with Crippen LogP contribution in [0.1, 0.15) is 49.6 Å². The van der Waals surface area contributed by atoms with E-state index in [-0.39, 0.29) is 11.5 Å². The molecule has 26 heavy (non-hydrogen) atoms. The van der Waals surface area contributed by atoms with E-state index >= 15 is 0 Å². The molecule has 1 spiro atoms. The van der Waals surface area contributed by atoms with Crippen LogP contribution in [-0.2, 0) is 16.1 Å². The van der Waals surface area contributed by atoms with Crippen LogP contribution >= 0.6 is 0 Å². The van der Waals surface area contributed by atoms with Gasteiger partial charge in [0.25, 0.3) is 0 Å². The Balaban J connectivity index is 1.41. The summed E-state index contributed by atoms with van der Waals surface area (Å²) in [7, 11) is 0. The molecule has 6 heteroatoms. The number of morpholine rings is 1. The highest BCUT2D eigenvalue weighted by Crippen LogP contribution is 2.36. The molecule has 0 radical (unpaired) electrons. The zero-order valence-corrected chi connectivity index (χ0v) is 16.3.